The predicted molar refractivity (Wildman–Crippen MR) is 79.7 cm³/mol. The van der Waals surface area contributed by atoms with Gasteiger partial charge in [0.2, 0.25) is 0 Å². The minimum atomic E-state index is -0.0402. The molecule has 0 heterocycles. The van der Waals surface area contributed by atoms with Crippen LogP contribution >= 0.6 is 0 Å². The van der Waals surface area contributed by atoms with Crippen molar-refractivity contribution in [3.8, 4) is 0 Å². The molecule has 1 saturated carbocycles. The van der Waals surface area contributed by atoms with E-state index in [1.807, 2.05) is 0 Å². The molecule has 104 valence electrons. The first-order valence-corrected chi connectivity index (χ1v) is 7.73. The molecule has 2 nitrogen and oxygen atoms in total. The highest BCUT2D eigenvalue weighted by Gasteiger charge is 2.21. The number of aryl methyl sites for hydroxylation is 2. The molecule has 0 aliphatic heterocycles. The van der Waals surface area contributed by atoms with Crippen molar-refractivity contribution in [3.63, 3.8) is 0 Å². The van der Waals surface area contributed by atoms with E-state index in [1.165, 1.54) is 37.8 Å². The summed E-state index contributed by atoms with van der Waals surface area (Å²) in [5.74, 6) is 0.752. The second-order valence-corrected chi connectivity index (χ2v) is 6.36. The van der Waals surface area contributed by atoms with E-state index in [1.54, 1.807) is 11.1 Å². The highest BCUT2D eigenvalue weighted by molar-refractivity contribution is 5.51. The van der Waals surface area contributed by atoms with E-state index >= 15 is 0 Å². The van der Waals surface area contributed by atoms with Gasteiger partial charge in [0.15, 0.2) is 0 Å². The Morgan fingerprint density at radius 1 is 1.11 bits per heavy atom. The van der Waals surface area contributed by atoms with Gasteiger partial charge in [-0.1, -0.05) is 6.07 Å². The number of anilines is 1. The third-order valence-electron chi connectivity index (χ3n) is 4.87. The molecule has 19 heavy (non-hydrogen) atoms. The molecule has 0 unspecified atom stereocenters. The van der Waals surface area contributed by atoms with Gasteiger partial charge in [-0.15, -0.1) is 0 Å². The van der Waals surface area contributed by atoms with Crippen molar-refractivity contribution in [3.05, 3.63) is 29.3 Å². The van der Waals surface area contributed by atoms with Crippen molar-refractivity contribution < 1.29 is 5.11 Å². The monoisotopic (exact) mass is 259 g/mol. The summed E-state index contributed by atoms with van der Waals surface area (Å²) in [6.45, 7) is 1.13. The quantitative estimate of drug-likeness (QED) is 0.901. The van der Waals surface area contributed by atoms with Gasteiger partial charge in [-0.3, -0.25) is 0 Å². The van der Waals surface area contributed by atoms with Crippen LogP contribution in [0, 0.1) is 5.92 Å². The summed E-state index contributed by atoms with van der Waals surface area (Å²) in [7, 11) is 2.21. The Bertz CT molecular complexity index is 435. The fraction of sp³-hybridized carbons (Fsp3) is 0.647. The lowest BCUT2D eigenvalue weighted by atomic mass is 9.87. The fourth-order valence-electron chi connectivity index (χ4n) is 3.62. The van der Waals surface area contributed by atoms with Gasteiger partial charge in [0.05, 0.1) is 6.10 Å². The average Bonchev–Trinajstić information content (AvgIpc) is 2.88. The maximum atomic E-state index is 9.57. The van der Waals surface area contributed by atoms with Gasteiger partial charge in [0.25, 0.3) is 0 Å². The van der Waals surface area contributed by atoms with E-state index in [-0.39, 0.29) is 6.10 Å². The Labute approximate surface area is 116 Å². The van der Waals surface area contributed by atoms with Crippen LogP contribution in [0.25, 0.3) is 0 Å². The van der Waals surface area contributed by atoms with Crippen molar-refractivity contribution in [2.24, 2.45) is 5.92 Å². The van der Waals surface area contributed by atoms with Gasteiger partial charge in [-0.2, -0.15) is 0 Å². The first-order chi connectivity index (χ1) is 9.22. The molecule has 1 aromatic rings. The number of hydrogen-bond donors (Lipinski definition) is 1. The highest BCUT2D eigenvalue weighted by atomic mass is 16.3. The fourth-order valence-corrected chi connectivity index (χ4v) is 3.62. The topological polar surface area (TPSA) is 23.5 Å². The standard InChI is InChI=1S/C17H25NO/c1-18(12-13-5-9-17(19)10-6-13)16-8-7-14-3-2-4-15(14)11-16/h7-8,11,13,17,19H,2-6,9-10,12H2,1H3. The van der Waals surface area contributed by atoms with Crippen LogP contribution in [0.2, 0.25) is 0 Å². The molecule has 0 bridgehead atoms. The molecule has 0 atom stereocenters. The van der Waals surface area contributed by atoms with Crippen LogP contribution in [0.3, 0.4) is 0 Å². The van der Waals surface area contributed by atoms with E-state index < -0.39 is 0 Å². The Hall–Kier alpha value is -1.02. The van der Waals surface area contributed by atoms with E-state index in [0.717, 1.165) is 25.3 Å². The third-order valence-corrected chi connectivity index (χ3v) is 4.87. The Morgan fingerprint density at radius 2 is 1.84 bits per heavy atom. The molecule has 0 radical (unpaired) electrons. The van der Waals surface area contributed by atoms with Gasteiger partial charge in [0.1, 0.15) is 0 Å². The number of fused-ring (bicyclic) bond motifs is 1. The van der Waals surface area contributed by atoms with Crippen LogP contribution in [0.15, 0.2) is 18.2 Å². The Kier molecular flexibility index (Phi) is 3.79. The molecular weight excluding hydrogens is 234 g/mol. The average molecular weight is 259 g/mol. The maximum absolute atomic E-state index is 9.57. The number of rotatable bonds is 3. The SMILES string of the molecule is CN(CC1CCC(O)CC1)c1ccc2c(c1)CCC2. The van der Waals surface area contributed by atoms with Gasteiger partial charge in [-0.25, -0.2) is 0 Å². The number of aliphatic hydroxyl groups excluding tert-OH is 1. The number of nitrogens with zero attached hydrogens (tertiary/aromatic N) is 1. The lowest BCUT2D eigenvalue weighted by Crippen LogP contribution is -2.29. The van der Waals surface area contributed by atoms with Gasteiger partial charge < -0.3 is 10.0 Å². The first-order valence-electron chi connectivity index (χ1n) is 7.73. The van der Waals surface area contributed by atoms with Gasteiger partial charge >= 0.3 is 0 Å². The summed E-state index contributed by atoms with van der Waals surface area (Å²) in [4.78, 5) is 2.40. The van der Waals surface area contributed by atoms with Gasteiger partial charge in [-0.05, 0) is 74.1 Å². The molecule has 3 rings (SSSR count). The minimum absolute atomic E-state index is 0.0402. The van der Waals surface area contributed by atoms with Crippen LogP contribution in [-0.2, 0) is 12.8 Å². The molecule has 2 heteroatoms. The normalized spacial score (nSPS) is 26.2. The molecule has 1 fully saturated rings. The van der Waals surface area contributed by atoms with Crippen molar-refractivity contribution in [1.29, 1.82) is 0 Å². The minimum Gasteiger partial charge on any atom is -0.393 e. The zero-order chi connectivity index (χ0) is 13.2. The zero-order valence-electron chi connectivity index (χ0n) is 11.9. The lowest BCUT2D eigenvalue weighted by Gasteiger charge is -2.30. The summed E-state index contributed by atoms with van der Waals surface area (Å²) in [5, 5.41) is 9.57. The largest absolute Gasteiger partial charge is 0.393 e. The van der Waals surface area contributed by atoms with Gasteiger partial charge in [0, 0.05) is 19.3 Å². The van der Waals surface area contributed by atoms with Crippen LogP contribution < -0.4 is 4.90 Å². The van der Waals surface area contributed by atoms with E-state index in [9.17, 15) is 5.11 Å². The second kappa shape index (κ2) is 5.54. The molecule has 2 aliphatic rings. The maximum Gasteiger partial charge on any atom is 0.0540 e. The third kappa shape index (κ3) is 2.94. The molecule has 1 aromatic carbocycles. The number of hydrogen-bond acceptors (Lipinski definition) is 2. The summed E-state index contributed by atoms with van der Waals surface area (Å²) in [6, 6.07) is 6.99. The lowest BCUT2D eigenvalue weighted by molar-refractivity contribution is 0.110. The predicted octanol–water partition coefficient (Wildman–Crippen LogP) is 3.16. The molecule has 0 aromatic heterocycles. The Balaban J connectivity index is 1.62. The Morgan fingerprint density at radius 3 is 2.63 bits per heavy atom. The summed E-state index contributed by atoms with van der Waals surface area (Å²) < 4.78 is 0. The summed E-state index contributed by atoms with van der Waals surface area (Å²) in [5.41, 5.74) is 4.48. The molecular formula is C17H25NO. The van der Waals surface area contributed by atoms with Crippen LogP contribution in [-0.4, -0.2) is 24.8 Å². The van der Waals surface area contributed by atoms with Crippen LogP contribution in [0.1, 0.15) is 43.2 Å². The molecule has 1 N–H and O–H groups in total. The van der Waals surface area contributed by atoms with Crippen molar-refractivity contribution >= 4 is 5.69 Å². The smallest absolute Gasteiger partial charge is 0.0540 e. The number of benzene rings is 1. The molecule has 0 amide bonds. The number of aliphatic hydroxyl groups is 1. The van der Waals surface area contributed by atoms with Crippen molar-refractivity contribution in [1.82, 2.24) is 0 Å². The first kappa shape index (κ1) is 13.0. The zero-order valence-corrected chi connectivity index (χ0v) is 11.9. The van der Waals surface area contributed by atoms with Crippen molar-refractivity contribution in [2.45, 2.75) is 51.0 Å². The summed E-state index contributed by atoms with van der Waals surface area (Å²) in [6.07, 6.45) is 8.13. The molecule has 0 saturated heterocycles. The molecule has 2 aliphatic carbocycles. The van der Waals surface area contributed by atoms with Crippen LogP contribution in [0.4, 0.5) is 5.69 Å². The van der Waals surface area contributed by atoms with Crippen LogP contribution in [0.5, 0.6) is 0 Å². The highest BCUT2D eigenvalue weighted by Crippen LogP contribution is 2.29. The van der Waals surface area contributed by atoms with E-state index in [0.29, 0.717) is 0 Å². The molecule has 0 spiro atoms. The van der Waals surface area contributed by atoms with Crippen molar-refractivity contribution in [2.75, 3.05) is 18.5 Å². The van der Waals surface area contributed by atoms with E-state index in [4.69, 9.17) is 0 Å². The summed E-state index contributed by atoms with van der Waals surface area (Å²) >= 11 is 0. The second-order valence-electron chi connectivity index (χ2n) is 6.36. The van der Waals surface area contributed by atoms with E-state index in [2.05, 4.69) is 30.1 Å².